The molecule has 0 N–H and O–H groups in total. The zero-order valence-electron chi connectivity index (χ0n) is 19.8. The Labute approximate surface area is 196 Å². The zero-order valence-corrected chi connectivity index (χ0v) is 20.6. The quantitative estimate of drug-likeness (QED) is 0.465. The minimum Gasteiger partial charge on any atom is -0.497 e. The number of esters is 1. The number of hydrogen-bond acceptors (Lipinski definition) is 5. The van der Waals surface area contributed by atoms with Crippen LogP contribution >= 0.6 is 0 Å². The van der Waals surface area contributed by atoms with Crippen LogP contribution in [0.1, 0.15) is 50.2 Å². The number of sulfonamides is 1. The van der Waals surface area contributed by atoms with Gasteiger partial charge in [0.05, 0.1) is 17.9 Å². The van der Waals surface area contributed by atoms with Crippen LogP contribution in [-0.2, 0) is 19.6 Å². The first-order chi connectivity index (χ1) is 15.7. The van der Waals surface area contributed by atoms with Crippen molar-refractivity contribution in [2.24, 2.45) is 0 Å². The van der Waals surface area contributed by atoms with Gasteiger partial charge in [0.1, 0.15) is 11.5 Å². The van der Waals surface area contributed by atoms with Crippen molar-refractivity contribution >= 4 is 16.0 Å². The van der Waals surface area contributed by atoms with E-state index in [1.807, 2.05) is 37.3 Å². The average Bonchev–Trinajstić information content (AvgIpc) is 3.14. The van der Waals surface area contributed by atoms with E-state index in [0.29, 0.717) is 23.6 Å². The summed E-state index contributed by atoms with van der Waals surface area (Å²) < 4.78 is 39.4. The molecule has 1 aliphatic rings. The molecule has 0 saturated carbocycles. The fourth-order valence-electron chi connectivity index (χ4n) is 3.97. The van der Waals surface area contributed by atoms with Gasteiger partial charge in [-0.3, -0.25) is 9.10 Å². The minimum absolute atomic E-state index is 0.215. The van der Waals surface area contributed by atoms with Crippen LogP contribution in [0, 0.1) is 6.92 Å². The fourth-order valence-corrected chi connectivity index (χ4v) is 5.25. The van der Waals surface area contributed by atoms with Crippen LogP contribution in [-0.4, -0.2) is 32.8 Å². The van der Waals surface area contributed by atoms with Gasteiger partial charge in [-0.25, -0.2) is 8.42 Å². The molecule has 0 radical (unpaired) electrons. The lowest BCUT2D eigenvalue weighted by atomic mass is 9.95. The van der Waals surface area contributed by atoms with Crippen molar-refractivity contribution in [2.45, 2.75) is 50.8 Å². The number of ether oxygens (including phenoxy) is 2. The molecule has 1 unspecified atom stereocenters. The van der Waals surface area contributed by atoms with Crippen LogP contribution in [0.15, 0.2) is 76.5 Å². The Morgan fingerprint density at radius 1 is 1.06 bits per heavy atom. The highest BCUT2D eigenvalue weighted by Crippen LogP contribution is 2.45. The summed E-state index contributed by atoms with van der Waals surface area (Å²) in [4.78, 5) is 12.1. The topological polar surface area (TPSA) is 72.9 Å². The molecular weight excluding hydrogens is 438 g/mol. The summed E-state index contributed by atoms with van der Waals surface area (Å²) in [6.45, 7) is 5.35. The number of methoxy groups -OCH3 is 1. The number of allylic oxidation sites excluding steroid dienone is 2. The summed E-state index contributed by atoms with van der Waals surface area (Å²) in [6.07, 6.45) is 4.34. The Bertz CT molecular complexity index is 1160. The third kappa shape index (κ3) is 5.30. The largest absolute Gasteiger partial charge is 0.497 e. The lowest BCUT2D eigenvalue weighted by Gasteiger charge is -2.28. The van der Waals surface area contributed by atoms with Crippen LogP contribution in [0.3, 0.4) is 0 Å². The molecule has 176 valence electrons. The smallest absolute Gasteiger partial charge is 0.307 e. The fraction of sp³-hybridized carbons (Fsp3) is 0.346. The van der Waals surface area contributed by atoms with Gasteiger partial charge in [0, 0.05) is 19.7 Å². The number of nitrogens with zero attached hydrogens (tertiary/aromatic N) is 1. The van der Waals surface area contributed by atoms with Gasteiger partial charge in [0.15, 0.2) is 0 Å². The molecule has 3 rings (SSSR count). The molecule has 0 aromatic heterocycles. The molecule has 1 aliphatic carbocycles. The lowest BCUT2D eigenvalue weighted by Crippen LogP contribution is -2.30. The molecule has 1 atom stereocenters. The molecule has 2 aromatic rings. The molecule has 0 aliphatic heterocycles. The molecule has 2 aromatic carbocycles. The molecule has 0 amide bonds. The summed E-state index contributed by atoms with van der Waals surface area (Å²) >= 11 is 0. The van der Waals surface area contributed by atoms with Crippen molar-refractivity contribution in [3.8, 4) is 5.75 Å². The van der Waals surface area contributed by atoms with Crippen molar-refractivity contribution in [3.63, 3.8) is 0 Å². The maximum Gasteiger partial charge on any atom is 0.307 e. The Kier molecular flexibility index (Phi) is 7.64. The first-order valence-corrected chi connectivity index (χ1v) is 12.5. The third-order valence-corrected chi connectivity index (χ3v) is 7.52. The number of benzene rings is 2. The molecule has 0 saturated heterocycles. The molecule has 6 nitrogen and oxygen atoms in total. The van der Waals surface area contributed by atoms with Crippen molar-refractivity contribution in [3.05, 3.63) is 82.8 Å². The number of carbonyl (C=O) groups excluding carboxylic acids is 1. The van der Waals surface area contributed by atoms with Crippen LogP contribution < -0.4 is 4.74 Å². The van der Waals surface area contributed by atoms with Gasteiger partial charge in [0.25, 0.3) is 10.0 Å². The Morgan fingerprint density at radius 3 is 2.24 bits per heavy atom. The van der Waals surface area contributed by atoms with E-state index in [2.05, 4.69) is 6.92 Å². The van der Waals surface area contributed by atoms with Crippen molar-refractivity contribution < 1.29 is 22.7 Å². The highest BCUT2D eigenvalue weighted by molar-refractivity contribution is 7.89. The van der Waals surface area contributed by atoms with Crippen LogP contribution in [0.5, 0.6) is 5.75 Å². The monoisotopic (exact) mass is 469 g/mol. The van der Waals surface area contributed by atoms with Crippen LogP contribution in [0.2, 0.25) is 0 Å². The second-order valence-corrected chi connectivity index (χ2v) is 10.1. The van der Waals surface area contributed by atoms with Crippen molar-refractivity contribution in [2.75, 3.05) is 14.2 Å². The number of likely N-dealkylation sites (N-methyl/N-ethyl adjacent to an activating group) is 1. The summed E-state index contributed by atoms with van der Waals surface area (Å²) in [5.74, 6) is 0.142. The summed E-state index contributed by atoms with van der Waals surface area (Å²) in [5, 5.41) is 0. The number of rotatable bonds is 9. The second kappa shape index (κ2) is 10.3. The minimum atomic E-state index is -3.83. The average molecular weight is 470 g/mol. The maximum absolute atomic E-state index is 13.6. The van der Waals surface area contributed by atoms with E-state index in [0.717, 1.165) is 29.5 Å². The summed E-state index contributed by atoms with van der Waals surface area (Å²) in [7, 11) is -0.671. The molecule has 0 fully saturated rings. The molecule has 0 spiro atoms. The molecule has 7 heteroatoms. The van der Waals surface area contributed by atoms with E-state index in [9.17, 15) is 13.2 Å². The standard InChI is InChI=1S/C26H31NO5S/c1-6-7-8-21-17-24(32-19(3)28)25(20-11-13-22(31-5)14-12-20)26(21)27(4)33(29,30)23-15-9-18(2)10-16-23/h9-17,25H,6-8H2,1-5H3. The Morgan fingerprint density at radius 2 is 1.70 bits per heavy atom. The van der Waals surface area contributed by atoms with E-state index < -0.39 is 21.9 Å². The molecular formula is C26H31NO5S. The van der Waals surface area contributed by atoms with Gasteiger partial charge >= 0.3 is 5.97 Å². The summed E-state index contributed by atoms with van der Waals surface area (Å²) in [5.41, 5.74) is 3.25. The van der Waals surface area contributed by atoms with Gasteiger partial charge in [-0.2, -0.15) is 0 Å². The Balaban J connectivity index is 2.14. The van der Waals surface area contributed by atoms with E-state index in [1.165, 1.54) is 11.2 Å². The molecule has 0 heterocycles. The third-order valence-electron chi connectivity index (χ3n) is 5.73. The van der Waals surface area contributed by atoms with Crippen molar-refractivity contribution in [1.82, 2.24) is 4.31 Å². The van der Waals surface area contributed by atoms with Gasteiger partial charge < -0.3 is 9.47 Å². The highest BCUT2D eigenvalue weighted by atomic mass is 32.2. The highest BCUT2D eigenvalue weighted by Gasteiger charge is 2.38. The second-order valence-electron chi connectivity index (χ2n) is 8.15. The van der Waals surface area contributed by atoms with Crippen molar-refractivity contribution in [1.29, 1.82) is 0 Å². The van der Waals surface area contributed by atoms with Crippen LogP contribution in [0.25, 0.3) is 0 Å². The molecule has 33 heavy (non-hydrogen) atoms. The van der Waals surface area contributed by atoms with E-state index in [1.54, 1.807) is 38.4 Å². The number of aryl methyl sites for hydroxylation is 1. The Hall–Kier alpha value is -3.06. The number of unbranched alkanes of at least 4 members (excludes halogenated alkanes) is 1. The van der Waals surface area contributed by atoms with Gasteiger partial charge in [-0.05, 0) is 61.2 Å². The van der Waals surface area contributed by atoms with Gasteiger partial charge in [0.2, 0.25) is 0 Å². The number of carbonyl (C=O) groups is 1. The van der Waals surface area contributed by atoms with E-state index in [-0.39, 0.29) is 4.90 Å². The maximum atomic E-state index is 13.6. The summed E-state index contributed by atoms with van der Waals surface area (Å²) in [6, 6.07) is 14.2. The van der Waals surface area contributed by atoms with Crippen LogP contribution in [0.4, 0.5) is 0 Å². The zero-order chi connectivity index (χ0) is 24.2. The number of hydrogen-bond donors (Lipinski definition) is 0. The first kappa shape index (κ1) is 24.6. The predicted octanol–water partition coefficient (Wildman–Crippen LogP) is 5.31. The first-order valence-electron chi connectivity index (χ1n) is 11.0. The van der Waals surface area contributed by atoms with E-state index >= 15 is 0 Å². The SMILES string of the molecule is CCCCC1=C(N(C)S(=O)(=O)c2ccc(C)cc2)C(c2ccc(OC)cc2)C(OC(C)=O)=C1. The molecule has 0 bridgehead atoms. The predicted molar refractivity (Wildman–Crippen MR) is 128 cm³/mol. The van der Waals surface area contributed by atoms with Gasteiger partial charge in [-0.15, -0.1) is 0 Å². The van der Waals surface area contributed by atoms with Gasteiger partial charge in [-0.1, -0.05) is 43.2 Å². The lowest BCUT2D eigenvalue weighted by molar-refractivity contribution is -0.137. The van der Waals surface area contributed by atoms with E-state index in [4.69, 9.17) is 9.47 Å². The normalized spacial score (nSPS) is 15.9.